The van der Waals surface area contributed by atoms with Gasteiger partial charge >= 0.3 is 12.0 Å². The lowest BCUT2D eigenvalue weighted by atomic mass is 10.1. The third kappa shape index (κ3) is 4.72. The summed E-state index contributed by atoms with van der Waals surface area (Å²) < 4.78 is 48.5. The number of fused-ring (bicyclic) bond motifs is 1. The second kappa shape index (κ2) is 7.32. The molecule has 140 valence electrons. The van der Waals surface area contributed by atoms with Gasteiger partial charge in [0.1, 0.15) is 11.9 Å². The first kappa shape index (κ1) is 18.2. The summed E-state index contributed by atoms with van der Waals surface area (Å²) in [5, 5.41) is 10.8. The van der Waals surface area contributed by atoms with Gasteiger partial charge in [0.15, 0.2) is 6.61 Å². The van der Waals surface area contributed by atoms with E-state index in [1.165, 1.54) is 18.3 Å². The van der Waals surface area contributed by atoms with Crippen molar-refractivity contribution in [1.29, 1.82) is 0 Å². The Kier molecular flexibility index (Phi) is 5.12. The van der Waals surface area contributed by atoms with Gasteiger partial charge in [-0.3, -0.25) is 0 Å². The minimum Gasteiger partial charge on any atom is -0.484 e. The summed E-state index contributed by atoms with van der Waals surface area (Å²) in [5.74, 6) is 0.636. The summed E-state index contributed by atoms with van der Waals surface area (Å²) in [6, 6.07) is 6.20. The highest BCUT2D eigenvalue weighted by atomic mass is 19.4. The van der Waals surface area contributed by atoms with Gasteiger partial charge in [-0.15, -0.1) is 0 Å². The highest BCUT2D eigenvalue weighted by Crippen LogP contribution is 2.22. The van der Waals surface area contributed by atoms with Gasteiger partial charge in [-0.1, -0.05) is 12.1 Å². The van der Waals surface area contributed by atoms with Gasteiger partial charge in [-0.2, -0.15) is 13.2 Å². The molecule has 0 N–H and O–H groups in total. The van der Waals surface area contributed by atoms with E-state index in [0.717, 1.165) is 5.56 Å². The zero-order valence-electron chi connectivity index (χ0n) is 13.6. The minimum atomic E-state index is -4.37. The molecule has 0 amide bonds. The van der Waals surface area contributed by atoms with Crippen LogP contribution in [-0.2, 0) is 24.3 Å². The summed E-state index contributed by atoms with van der Waals surface area (Å²) in [7, 11) is 0. The van der Waals surface area contributed by atoms with Gasteiger partial charge in [0.2, 0.25) is 5.82 Å². The largest absolute Gasteiger partial charge is 0.484 e. The number of hydrogen-bond donors (Lipinski definition) is 0. The maximum absolute atomic E-state index is 12.1. The van der Waals surface area contributed by atoms with E-state index < -0.39 is 17.7 Å². The Bertz CT molecular complexity index is 774. The zero-order valence-corrected chi connectivity index (χ0v) is 13.6. The number of nitrogens with zero attached hydrogens (tertiary/aromatic N) is 3. The highest BCUT2D eigenvalue weighted by molar-refractivity contribution is 5.27. The molecule has 0 spiro atoms. The van der Waals surface area contributed by atoms with Crippen LogP contribution in [0.3, 0.4) is 0 Å². The molecular weight excluding hydrogens is 355 g/mol. The molecule has 1 aliphatic heterocycles. The van der Waals surface area contributed by atoms with Crippen LogP contribution in [0, 0.1) is 10.1 Å². The van der Waals surface area contributed by atoms with Crippen molar-refractivity contribution in [3.63, 3.8) is 0 Å². The molecule has 0 fully saturated rings. The van der Waals surface area contributed by atoms with Crippen LogP contribution < -0.4 is 4.74 Å². The third-order valence-corrected chi connectivity index (χ3v) is 3.94. The van der Waals surface area contributed by atoms with Crippen LogP contribution in [-0.4, -0.2) is 33.4 Å². The van der Waals surface area contributed by atoms with Crippen molar-refractivity contribution in [3.8, 4) is 5.75 Å². The van der Waals surface area contributed by atoms with Gasteiger partial charge in [0.25, 0.3) is 0 Å². The molecule has 3 rings (SSSR count). The maximum Gasteiger partial charge on any atom is 0.422 e. The lowest BCUT2D eigenvalue weighted by molar-refractivity contribution is -0.389. The first-order chi connectivity index (χ1) is 12.3. The Hall–Kier alpha value is -2.62. The molecule has 7 nitrogen and oxygen atoms in total. The molecule has 0 bridgehead atoms. The summed E-state index contributed by atoms with van der Waals surface area (Å²) in [5.41, 5.74) is 0.798. The van der Waals surface area contributed by atoms with Crippen LogP contribution in [0.2, 0.25) is 0 Å². The number of ether oxygens (including phenoxy) is 2. The van der Waals surface area contributed by atoms with Gasteiger partial charge < -0.3 is 24.2 Å². The van der Waals surface area contributed by atoms with E-state index in [-0.39, 0.29) is 24.3 Å². The maximum atomic E-state index is 12.1. The van der Waals surface area contributed by atoms with Crippen LogP contribution in [0.15, 0.2) is 30.5 Å². The van der Waals surface area contributed by atoms with E-state index in [9.17, 15) is 23.3 Å². The normalized spacial score (nSPS) is 17.0. The van der Waals surface area contributed by atoms with Crippen LogP contribution in [0.4, 0.5) is 19.0 Å². The third-order valence-electron chi connectivity index (χ3n) is 3.94. The molecule has 1 unspecified atom stereocenters. The van der Waals surface area contributed by atoms with Gasteiger partial charge in [-0.05, 0) is 34.0 Å². The van der Waals surface area contributed by atoms with E-state index >= 15 is 0 Å². The number of halogens is 3. The second-order valence-corrected chi connectivity index (χ2v) is 5.94. The van der Waals surface area contributed by atoms with Crippen molar-refractivity contribution in [1.82, 2.24) is 9.55 Å². The van der Waals surface area contributed by atoms with E-state index in [1.807, 2.05) is 0 Å². The number of rotatable bonds is 6. The summed E-state index contributed by atoms with van der Waals surface area (Å²) in [4.78, 5) is 14.2. The van der Waals surface area contributed by atoms with Crippen LogP contribution in [0.5, 0.6) is 5.75 Å². The van der Waals surface area contributed by atoms with E-state index in [4.69, 9.17) is 4.74 Å². The second-order valence-electron chi connectivity index (χ2n) is 5.94. The topological polar surface area (TPSA) is 79.4 Å². The number of hydrogen-bond acceptors (Lipinski definition) is 5. The van der Waals surface area contributed by atoms with Crippen LogP contribution >= 0.6 is 0 Å². The zero-order chi connectivity index (χ0) is 18.7. The molecule has 2 heterocycles. The molecule has 0 aliphatic carbocycles. The fraction of sp³-hybridized carbons (Fsp3) is 0.438. The van der Waals surface area contributed by atoms with Crippen molar-refractivity contribution in [2.75, 3.05) is 6.61 Å². The average molecular weight is 371 g/mol. The van der Waals surface area contributed by atoms with Gasteiger partial charge in [0, 0.05) is 6.42 Å². The minimum absolute atomic E-state index is 0.113. The number of alkyl halides is 3. The molecular formula is C16H16F3N3O4. The molecule has 1 aromatic carbocycles. The summed E-state index contributed by atoms with van der Waals surface area (Å²) >= 11 is 0. The summed E-state index contributed by atoms with van der Waals surface area (Å²) in [6.45, 7) is -0.566. The molecule has 0 radical (unpaired) electrons. The number of aromatic nitrogens is 2. The molecule has 2 aromatic rings. The molecule has 26 heavy (non-hydrogen) atoms. The van der Waals surface area contributed by atoms with Crippen LogP contribution in [0.25, 0.3) is 0 Å². The van der Waals surface area contributed by atoms with E-state index in [0.29, 0.717) is 25.2 Å². The lowest BCUT2D eigenvalue weighted by Crippen LogP contribution is -2.26. The van der Waals surface area contributed by atoms with Crippen molar-refractivity contribution in [2.45, 2.75) is 38.3 Å². The summed E-state index contributed by atoms with van der Waals surface area (Å²) in [6.07, 6.45) is -1.80. The Morgan fingerprint density at radius 3 is 2.69 bits per heavy atom. The van der Waals surface area contributed by atoms with Gasteiger partial charge in [-0.25, -0.2) is 0 Å². The predicted molar refractivity (Wildman–Crippen MR) is 83.8 cm³/mol. The SMILES string of the molecule is O=[N+]([O-])c1cn2c(n1)CCC(OCc1ccc(OCC(F)(F)F)cc1)C2. The quantitative estimate of drug-likeness (QED) is 0.575. The Morgan fingerprint density at radius 2 is 2.04 bits per heavy atom. The van der Waals surface area contributed by atoms with Crippen molar-refractivity contribution >= 4 is 5.82 Å². The molecule has 1 atom stereocenters. The van der Waals surface area contributed by atoms with Gasteiger partial charge in [0.05, 0.1) is 19.3 Å². The Morgan fingerprint density at radius 1 is 1.31 bits per heavy atom. The Balaban J connectivity index is 1.50. The number of benzene rings is 1. The first-order valence-electron chi connectivity index (χ1n) is 7.91. The first-order valence-corrected chi connectivity index (χ1v) is 7.91. The van der Waals surface area contributed by atoms with Crippen molar-refractivity contribution in [2.24, 2.45) is 0 Å². The Labute approximate surface area is 146 Å². The molecule has 1 aromatic heterocycles. The monoisotopic (exact) mass is 371 g/mol. The molecule has 10 heteroatoms. The lowest BCUT2D eigenvalue weighted by Gasteiger charge is -2.22. The standard InChI is InChI=1S/C16H16F3N3O4/c17-16(18,19)10-26-12-3-1-11(2-4-12)9-25-13-5-6-14-20-15(22(23)24)8-21(14)7-13/h1-4,8,13H,5-7,9-10H2. The van der Waals surface area contributed by atoms with Crippen molar-refractivity contribution < 1.29 is 27.6 Å². The van der Waals surface area contributed by atoms with Crippen molar-refractivity contribution in [3.05, 3.63) is 52.0 Å². The fourth-order valence-corrected chi connectivity index (χ4v) is 2.68. The molecule has 1 aliphatic rings. The fourth-order valence-electron chi connectivity index (χ4n) is 2.68. The van der Waals surface area contributed by atoms with E-state index in [2.05, 4.69) is 9.72 Å². The smallest absolute Gasteiger partial charge is 0.422 e. The highest BCUT2D eigenvalue weighted by Gasteiger charge is 2.28. The number of nitro groups is 1. The number of aryl methyl sites for hydroxylation is 1. The molecule has 0 saturated heterocycles. The molecule has 0 saturated carbocycles. The predicted octanol–water partition coefficient (Wildman–Crippen LogP) is 3.26. The number of imidazole rings is 1. The van der Waals surface area contributed by atoms with Crippen LogP contribution in [0.1, 0.15) is 17.8 Å². The van der Waals surface area contributed by atoms with E-state index in [1.54, 1.807) is 16.7 Å². The average Bonchev–Trinajstić information content (AvgIpc) is 3.02.